The zero-order chi connectivity index (χ0) is 19.8. The van der Waals surface area contributed by atoms with Crippen LogP contribution < -0.4 is 5.32 Å². The Hall–Kier alpha value is -3.94. The van der Waals surface area contributed by atoms with E-state index in [1.54, 1.807) is 18.6 Å². The van der Waals surface area contributed by atoms with Gasteiger partial charge in [0, 0.05) is 17.3 Å². The second kappa shape index (κ2) is 6.90. The van der Waals surface area contributed by atoms with Gasteiger partial charge in [0.05, 0.1) is 29.1 Å². The summed E-state index contributed by atoms with van der Waals surface area (Å²) in [6.45, 7) is 2.00. The second-order valence-electron chi connectivity index (χ2n) is 6.67. The Kier molecular flexibility index (Phi) is 4.09. The van der Waals surface area contributed by atoms with E-state index < -0.39 is 0 Å². The van der Waals surface area contributed by atoms with Crippen molar-refractivity contribution in [2.45, 2.75) is 13.0 Å². The van der Waals surface area contributed by atoms with Crippen LogP contribution >= 0.6 is 0 Å². The van der Waals surface area contributed by atoms with E-state index in [9.17, 15) is 4.39 Å². The maximum Gasteiger partial charge on any atom is 0.182 e. The average molecular weight is 385 g/mol. The standard InChI is InChI=1S/C21H16FN7/c1-12(28-21-19-20(25-10-24-19)26-11-27-21)15-9-17-16(6-3-7-23-17)29-18(15)13-4-2-5-14(22)8-13/h2-12H,1H3,(H2,24,25,26,27,28). The summed E-state index contributed by atoms with van der Waals surface area (Å²) >= 11 is 0. The predicted octanol–water partition coefficient (Wildman–Crippen LogP) is 4.28. The fourth-order valence-electron chi connectivity index (χ4n) is 3.37. The van der Waals surface area contributed by atoms with Crippen LogP contribution in [0.1, 0.15) is 18.5 Å². The van der Waals surface area contributed by atoms with E-state index >= 15 is 0 Å². The van der Waals surface area contributed by atoms with Gasteiger partial charge in [-0.05, 0) is 37.3 Å². The molecule has 142 valence electrons. The molecule has 0 saturated heterocycles. The molecular weight excluding hydrogens is 369 g/mol. The van der Waals surface area contributed by atoms with Crippen molar-refractivity contribution in [3.05, 3.63) is 72.7 Å². The smallest absolute Gasteiger partial charge is 0.182 e. The predicted molar refractivity (Wildman–Crippen MR) is 109 cm³/mol. The van der Waals surface area contributed by atoms with Gasteiger partial charge >= 0.3 is 0 Å². The van der Waals surface area contributed by atoms with Crippen molar-refractivity contribution in [2.24, 2.45) is 0 Å². The summed E-state index contributed by atoms with van der Waals surface area (Å²) in [5.41, 5.74) is 5.10. The van der Waals surface area contributed by atoms with Crippen molar-refractivity contribution in [1.82, 2.24) is 29.9 Å². The van der Waals surface area contributed by atoms with Crippen LogP contribution in [0.4, 0.5) is 10.2 Å². The maximum absolute atomic E-state index is 13.9. The summed E-state index contributed by atoms with van der Waals surface area (Å²) in [5, 5.41) is 3.39. The van der Waals surface area contributed by atoms with E-state index in [0.29, 0.717) is 22.7 Å². The molecule has 4 heterocycles. The highest BCUT2D eigenvalue weighted by atomic mass is 19.1. The number of imidazole rings is 1. The first kappa shape index (κ1) is 17.2. The number of aromatic nitrogens is 6. The van der Waals surface area contributed by atoms with Gasteiger partial charge in [0.1, 0.15) is 17.7 Å². The van der Waals surface area contributed by atoms with Gasteiger partial charge in [-0.15, -0.1) is 0 Å². The number of aromatic amines is 1. The number of hydrogen-bond donors (Lipinski definition) is 2. The Bertz CT molecular complexity index is 1330. The van der Waals surface area contributed by atoms with E-state index in [4.69, 9.17) is 4.98 Å². The average Bonchev–Trinajstić information content (AvgIpc) is 3.23. The molecule has 1 aromatic carbocycles. The highest BCUT2D eigenvalue weighted by Crippen LogP contribution is 2.32. The lowest BCUT2D eigenvalue weighted by Gasteiger charge is -2.19. The van der Waals surface area contributed by atoms with Gasteiger partial charge in [0.15, 0.2) is 11.5 Å². The number of anilines is 1. The summed E-state index contributed by atoms with van der Waals surface area (Å²) in [6.07, 6.45) is 4.77. The Morgan fingerprint density at radius 2 is 1.93 bits per heavy atom. The van der Waals surface area contributed by atoms with E-state index in [1.807, 2.05) is 31.2 Å². The fraction of sp³-hybridized carbons (Fsp3) is 0.0952. The Morgan fingerprint density at radius 1 is 1.00 bits per heavy atom. The molecule has 1 atom stereocenters. The van der Waals surface area contributed by atoms with Gasteiger partial charge in [-0.1, -0.05) is 12.1 Å². The number of pyridine rings is 2. The minimum atomic E-state index is -0.308. The van der Waals surface area contributed by atoms with Crippen LogP contribution in [-0.4, -0.2) is 29.9 Å². The van der Waals surface area contributed by atoms with Crippen molar-refractivity contribution in [3.8, 4) is 11.3 Å². The third-order valence-corrected chi connectivity index (χ3v) is 4.75. The summed E-state index contributed by atoms with van der Waals surface area (Å²) < 4.78 is 13.9. The lowest BCUT2D eigenvalue weighted by atomic mass is 9.99. The third kappa shape index (κ3) is 3.14. The van der Waals surface area contributed by atoms with Crippen molar-refractivity contribution in [3.63, 3.8) is 0 Å². The van der Waals surface area contributed by atoms with Crippen LogP contribution in [0.25, 0.3) is 33.5 Å². The molecule has 0 saturated carbocycles. The van der Waals surface area contributed by atoms with Crippen molar-refractivity contribution in [2.75, 3.05) is 5.32 Å². The van der Waals surface area contributed by atoms with Gasteiger partial charge in [0.2, 0.25) is 0 Å². The molecule has 0 spiro atoms. The van der Waals surface area contributed by atoms with Crippen LogP contribution in [0.3, 0.4) is 0 Å². The van der Waals surface area contributed by atoms with Gasteiger partial charge in [-0.25, -0.2) is 24.3 Å². The molecular formula is C21H16FN7. The minimum Gasteiger partial charge on any atom is -0.362 e. The van der Waals surface area contributed by atoms with Crippen LogP contribution in [0.5, 0.6) is 0 Å². The third-order valence-electron chi connectivity index (χ3n) is 4.75. The van der Waals surface area contributed by atoms with E-state index in [-0.39, 0.29) is 11.9 Å². The Labute approximate surface area is 165 Å². The van der Waals surface area contributed by atoms with Crippen LogP contribution in [-0.2, 0) is 0 Å². The monoisotopic (exact) mass is 385 g/mol. The lowest BCUT2D eigenvalue weighted by molar-refractivity contribution is 0.628. The first-order chi connectivity index (χ1) is 14.2. The summed E-state index contributed by atoms with van der Waals surface area (Å²) in [5.74, 6) is 0.323. The van der Waals surface area contributed by atoms with Gasteiger partial charge < -0.3 is 10.3 Å². The highest BCUT2D eigenvalue weighted by Gasteiger charge is 2.18. The van der Waals surface area contributed by atoms with Crippen molar-refractivity contribution >= 4 is 28.0 Å². The number of benzene rings is 1. The fourth-order valence-corrected chi connectivity index (χ4v) is 3.37. The van der Waals surface area contributed by atoms with E-state index in [0.717, 1.165) is 22.1 Å². The summed E-state index contributed by atoms with van der Waals surface area (Å²) in [7, 11) is 0. The Balaban J connectivity index is 1.64. The molecule has 1 unspecified atom stereocenters. The van der Waals surface area contributed by atoms with Crippen LogP contribution in [0.15, 0.2) is 61.3 Å². The molecule has 7 nitrogen and oxygen atoms in total. The SMILES string of the molecule is CC(Nc1ncnc2nc[nH]c12)c1cc2ncccc2nc1-c1cccc(F)c1. The molecule has 0 radical (unpaired) electrons. The molecule has 4 aromatic heterocycles. The number of nitrogens with zero attached hydrogens (tertiary/aromatic N) is 5. The largest absolute Gasteiger partial charge is 0.362 e. The van der Waals surface area contributed by atoms with Gasteiger partial charge in [-0.3, -0.25) is 4.98 Å². The molecule has 2 N–H and O–H groups in total. The number of halogens is 1. The first-order valence-corrected chi connectivity index (χ1v) is 9.11. The maximum atomic E-state index is 13.9. The molecule has 0 bridgehead atoms. The van der Waals surface area contributed by atoms with E-state index in [2.05, 4.69) is 30.2 Å². The van der Waals surface area contributed by atoms with Crippen LogP contribution in [0, 0.1) is 5.82 Å². The van der Waals surface area contributed by atoms with Crippen molar-refractivity contribution < 1.29 is 4.39 Å². The normalized spacial score (nSPS) is 12.3. The van der Waals surface area contributed by atoms with Gasteiger partial charge in [0.25, 0.3) is 0 Å². The number of fused-ring (bicyclic) bond motifs is 2. The zero-order valence-corrected chi connectivity index (χ0v) is 15.5. The lowest BCUT2D eigenvalue weighted by Crippen LogP contribution is -2.11. The molecule has 5 rings (SSSR count). The molecule has 0 aliphatic heterocycles. The number of H-pyrrole nitrogens is 1. The van der Waals surface area contributed by atoms with Crippen molar-refractivity contribution in [1.29, 1.82) is 0 Å². The number of hydrogen-bond acceptors (Lipinski definition) is 6. The molecule has 0 amide bonds. The highest BCUT2D eigenvalue weighted by molar-refractivity contribution is 5.83. The molecule has 0 fully saturated rings. The summed E-state index contributed by atoms with van der Waals surface area (Å²) in [4.78, 5) is 24.9. The molecule has 29 heavy (non-hydrogen) atoms. The molecule has 5 aromatic rings. The first-order valence-electron chi connectivity index (χ1n) is 9.11. The molecule has 0 aliphatic carbocycles. The quantitative estimate of drug-likeness (QED) is 0.480. The Morgan fingerprint density at radius 3 is 2.83 bits per heavy atom. The number of rotatable bonds is 4. The van der Waals surface area contributed by atoms with Crippen LogP contribution in [0.2, 0.25) is 0 Å². The van der Waals surface area contributed by atoms with E-state index in [1.165, 1.54) is 18.5 Å². The summed E-state index contributed by atoms with van der Waals surface area (Å²) in [6, 6.07) is 12.0. The topological polar surface area (TPSA) is 92.3 Å². The second-order valence-corrected chi connectivity index (χ2v) is 6.67. The zero-order valence-electron chi connectivity index (χ0n) is 15.5. The molecule has 0 aliphatic rings. The van der Waals surface area contributed by atoms with Gasteiger partial charge in [-0.2, -0.15) is 0 Å². The molecule has 8 heteroatoms. The number of nitrogens with one attached hydrogen (secondary N) is 2. The minimum absolute atomic E-state index is 0.187.